The largest absolute Gasteiger partial charge is 0.394 e. The summed E-state index contributed by atoms with van der Waals surface area (Å²) in [6.07, 6.45) is 43.6. The highest BCUT2D eigenvalue weighted by Gasteiger charge is 2.44. The minimum atomic E-state index is -1.66. The SMILES string of the molecule is CCCC/C=C/CCCC(O)C(O)C(COC1OC(CO)C(O)C(O)C1O)NC(=O)C(O)CCCCCCCCCCCCCCCCCCCCCCCCCCCCCCCCCCCC. The molecule has 11 heteroatoms. The molecule has 0 spiro atoms. The zero-order valence-corrected chi connectivity index (χ0v) is 44.1. The molecule has 0 saturated carbocycles. The Bertz CT molecular complexity index is 1110. The molecule has 9 atom stereocenters. The van der Waals surface area contributed by atoms with E-state index in [2.05, 4.69) is 31.3 Å². The van der Waals surface area contributed by atoms with Gasteiger partial charge in [-0.05, 0) is 32.1 Å². The Labute approximate surface area is 417 Å². The van der Waals surface area contributed by atoms with Gasteiger partial charge in [-0.1, -0.05) is 257 Å². The van der Waals surface area contributed by atoms with Gasteiger partial charge in [0, 0.05) is 0 Å². The normalized spacial score (nSPS) is 20.5. The van der Waals surface area contributed by atoms with Crippen molar-refractivity contribution in [1.29, 1.82) is 0 Å². The number of rotatable bonds is 50. The highest BCUT2D eigenvalue weighted by molar-refractivity contribution is 5.80. The van der Waals surface area contributed by atoms with Crippen molar-refractivity contribution >= 4 is 5.91 Å². The first-order valence-electron chi connectivity index (χ1n) is 29.1. The molecule has 0 aliphatic carbocycles. The fourth-order valence-electron chi connectivity index (χ4n) is 9.55. The number of nitrogens with one attached hydrogen (secondary N) is 1. The van der Waals surface area contributed by atoms with Crippen LogP contribution in [0.15, 0.2) is 12.2 Å². The number of allylic oxidation sites excluding steroid dienone is 2. The van der Waals surface area contributed by atoms with E-state index in [0.717, 1.165) is 44.9 Å². The van der Waals surface area contributed by atoms with Crippen LogP contribution in [0.4, 0.5) is 0 Å². The first kappa shape index (κ1) is 64.9. The molecular weight excluding hydrogens is 859 g/mol. The van der Waals surface area contributed by atoms with Crippen molar-refractivity contribution in [1.82, 2.24) is 5.32 Å². The molecule has 68 heavy (non-hydrogen) atoms. The maximum absolute atomic E-state index is 13.1. The number of hydrogen-bond donors (Lipinski definition) is 8. The number of amides is 1. The van der Waals surface area contributed by atoms with Crippen LogP contribution >= 0.6 is 0 Å². The van der Waals surface area contributed by atoms with E-state index < -0.39 is 74.2 Å². The van der Waals surface area contributed by atoms with Crippen LogP contribution in [0.25, 0.3) is 0 Å². The van der Waals surface area contributed by atoms with E-state index in [4.69, 9.17) is 9.47 Å². The van der Waals surface area contributed by atoms with Gasteiger partial charge in [0.15, 0.2) is 6.29 Å². The number of carbonyl (C=O) groups excluding carboxylic acids is 1. The fourth-order valence-corrected chi connectivity index (χ4v) is 9.55. The van der Waals surface area contributed by atoms with Crippen LogP contribution in [-0.4, -0.2) is 110 Å². The van der Waals surface area contributed by atoms with Crippen molar-refractivity contribution < 1.29 is 50.0 Å². The number of ether oxygens (including phenoxy) is 2. The van der Waals surface area contributed by atoms with E-state index in [1.807, 2.05) is 0 Å². The van der Waals surface area contributed by atoms with Crippen LogP contribution in [0.3, 0.4) is 0 Å². The van der Waals surface area contributed by atoms with Crippen molar-refractivity contribution in [2.24, 2.45) is 0 Å². The maximum atomic E-state index is 13.1. The van der Waals surface area contributed by atoms with Gasteiger partial charge in [-0.3, -0.25) is 4.79 Å². The Morgan fingerprint density at radius 3 is 1.25 bits per heavy atom. The summed E-state index contributed by atoms with van der Waals surface area (Å²) in [4.78, 5) is 13.1. The molecule has 1 amide bonds. The third-order valence-electron chi connectivity index (χ3n) is 14.3. The minimum Gasteiger partial charge on any atom is -0.394 e. The van der Waals surface area contributed by atoms with Crippen molar-refractivity contribution in [3.05, 3.63) is 12.2 Å². The molecule has 0 aromatic carbocycles. The Morgan fingerprint density at radius 2 is 0.868 bits per heavy atom. The summed E-state index contributed by atoms with van der Waals surface area (Å²) in [7, 11) is 0. The zero-order chi connectivity index (χ0) is 49.7. The lowest BCUT2D eigenvalue weighted by Gasteiger charge is -2.40. The van der Waals surface area contributed by atoms with Crippen molar-refractivity contribution in [3.8, 4) is 0 Å². The van der Waals surface area contributed by atoms with E-state index in [0.29, 0.717) is 12.8 Å². The maximum Gasteiger partial charge on any atom is 0.249 e. The Morgan fingerprint density at radius 1 is 0.500 bits per heavy atom. The second-order valence-electron chi connectivity index (χ2n) is 20.7. The Balaban J connectivity index is 2.07. The summed E-state index contributed by atoms with van der Waals surface area (Å²) < 4.78 is 11.1. The predicted octanol–water partition coefficient (Wildman–Crippen LogP) is 12.0. The number of aliphatic hydroxyl groups excluding tert-OH is 7. The van der Waals surface area contributed by atoms with E-state index in [-0.39, 0.29) is 12.8 Å². The molecule has 0 bridgehead atoms. The number of aliphatic hydroxyl groups is 7. The van der Waals surface area contributed by atoms with Crippen LogP contribution in [0.5, 0.6) is 0 Å². The van der Waals surface area contributed by atoms with Crippen LogP contribution in [0.1, 0.15) is 277 Å². The Kier molecular flexibility index (Phi) is 44.7. The quantitative estimate of drug-likeness (QED) is 0.0215. The molecule has 1 aliphatic rings. The van der Waals surface area contributed by atoms with Crippen LogP contribution in [0, 0.1) is 0 Å². The van der Waals surface area contributed by atoms with Crippen molar-refractivity contribution in [2.75, 3.05) is 13.2 Å². The average Bonchev–Trinajstić information content (AvgIpc) is 3.34. The Hall–Kier alpha value is -1.15. The van der Waals surface area contributed by atoms with Gasteiger partial charge >= 0.3 is 0 Å². The molecule has 404 valence electrons. The smallest absolute Gasteiger partial charge is 0.249 e. The van der Waals surface area contributed by atoms with Gasteiger partial charge in [0.2, 0.25) is 5.91 Å². The molecule has 9 unspecified atom stereocenters. The van der Waals surface area contributed by atoms with Crippen LogP contribution in [-0.2, 0) is 14.3 Å². The van der Waals surface area contributed by atoms with Gasteiger partial charge in [-0.2, -0.15) is 0 Å². The molecule has 0 radical (unpaired) electrons. The predicted molar refractivity (Wildman–Crippen MR) is 279 cm³/mol. The molecule has 1 rings (SSSR count). The van der Waals surface area contributed by atoms with E-state index >= 15 is 0 Å². The molecule has 0 aromatic heterocycles. The molecule has 1 aliphatic heterocycles. The monoisotopic (exact) mass is 970 g/mol. The summed E-state index contributed by atoms with van der Waals surface area (Å²) in [5, 5.41) is 75.5. The van der Waals surface area contributed by atoms with E-state index in [1.165, 1.54) is 193 Å². The first-order valence-corrected chi connectivity index (χ1v) is 29.1. The zero-order valence-electron chi connectivity index (χ0n) is 44.1. The third kappa shape index (κ3) is 35.1. The topological polar surface area (TPSA) is 189 Å². The lowest BCUT2D eigenvalue weighted by Crippen LogP contribution is -2.60. The van der Waals surface area contributed by atoms with Gasteiger partial charge in [0.05, 0.1) is 25.4 Å². The van der Waals surface area contributed by atoms with Gasteiger partial charge in [-0.25, -0.2) is 0 Å². The first-order chi connectivity index (χ1) is 33.2. The van der Waals surface area contributed by atoms with Gasteiger partial charge in [-0.15, -0.1) is 0 Å². The molecular formula is C57H111NO10. The average molecular weight is 971 g/mol. The van der Waals surface area contributed by atoms with Gasteiger partial charge < -0.3 is 50.5 Å². The number of unbranched alkanes of at least 4 members (excludes halogenated alkanes) is 36. The number of carbonyl (C=O) groups is 1. The van der Waals surface area contributed by atoms with Gasteiger partial charge in [0.1, 0.15) is 36.6 Å². The van der Waals surface area contributed by atoms with E-state index in [1.54, 1.807) is 0 Å². The summed E-state index contributed by atoms with van der Waals surface area (Å²) in [6.45, 7) is 3.36. The number of hydrogen-bond acceptors (Lipinski definition) is 10. The van der Waals surface area contributed by atoms with Crippen LogP contribution in [0.2, 0.25) is 0 Å². The van der Waals surface area contributed by atoms with E-state index in [9.17, 15) is 40.5 Å². The second-order valence-corrected chi connectivity index (χ2v) is 20.7. The molecule has 1 fully saturated rings. The summed E-state index contributed by atoms with van der Waals surface area (Å²) >= 11 is 0. The molecule has 1 saturated heterocycles. The highest BCUT2D eigenvalue weighted by Crippen LogP contribution is 2.23. The lowest BCUT2D eigenvalue weighted by molar-refractivity contribution is -0.303. The van der Waals surface area contributed by atoms with Gasteiger partial charge in [0.25, 0.3) is 0 Å². The molecule has 1 heterocycles. The lowest BCUT2D eigenvalue weighted by atomic mass is 9.98. The standard InChI is InChI=1S/C57H111NO10/c1-3-5-7-9-11-12-13-14-15-16-17-18-19-20-21-22-23-24-25-26-27-28-29-30-31-32-33-34-35-36-37-39-41-43-45-50(61)56(66)58-48(52(62)49(60)44-42-40-38-10-8-6-4-2)47-67-57-55(65)54(64)53(63)51(46-59)68-57/h10,38,48-55,57,59-65H,3-9,11-37,39-47H2,1-2H3,(H,58,66)/b38-10+. The van der Waals surface area contributed by atoms with Crippen molar-refractivity contribution in [3.63, 3.8) is 0 Å². The van der Waals surface area contributed by atoms with Crippen molar-refractivity contribution in [2.45, 2.75) is 332 Å². The minimum absolute atomic E-state index is 0.258. The van der Waals surface area contributed by atoms with Crippen LogP contribution < -0.4 is 5.32 Å². The molecule has 8 N–H and O–H groups in total. The fraction of sp³-hybridized carbons (Fsp3) is 0.947. The second kappa shape index (κ2) is 46.9. The molecule has 0 aromatic rings. The highest BCUT2D eigenvalue weighted by atomic mass is 16.7. The summed E-state index contributed by atoms with van der Waals surface area (Å²) in [5.41, 5.74) is 0. The summed E-state index contributed by atoms with van der Waals surface area (Å²) in [6, 6.07) is -1.18. The summed E-state index contributed by atoms with van der Waals surface area (Å²) in [5.74, 6) is -0.705. The molecule has 11 nitrogen and oxygen atoms in total. The third-order valence-corrected chi connectivity index (χ3v) is 14.3.